The van der Waals surface area contributed by atoms with E-state index in [-0.39, 0.29) is 0 Å². The van der Waals surface area contributed by atoms with Crippen molar-refractivity contribution in [1.29, 1.82) is 0 Å². The van der Waals surface area contributed by atoms with E-state index in [0.29, 0.717) is 0 Å². The van der Waals surface area contributed by atoms with Crippen LogP contribution >= 0.6 is 0 Å². The molecule has 2 heteroatoms. The summed E-state index contributed by atoms with van der Waals surface area (Å²) in [6.45, 7) is 0. The summed E-state index contributed by atoms with van der Waals surface area (Å²) in [6, 6.07) is 18.9. The van der Waals surface area contributed by atoms with Crippen molar-refractivity contribution in [2.45, 2.75) is 0 Å². The van der Waals surface area contributed by atoms with Gasteiger partial charge in [0.15, 0.2) is 0 Å². The van der Waals surface area contributed by atoms with Gasteiger partial charge in [-0.15, -0.1) is 0 Å². The fourth-order valence-corrected chi connectivity index (χ4v) is 2.00. The number of benzene rings is 2. The Kier molecular flexibility index (Phi) is 3.56. The van der Waals surface area contributed by atoms with E-state index >= 15 is 0 Å². The summed E-state index contributed by atoms with van der Waals surface area (Å²) in [5.74, 6) is 0. The summed E-state index contributed by atoms with van der Waals surface area (Å²) in [4.78, 5) is 0. The first-order valence-corrected chi connectivity index (χ1v) is 6.35. The molecular formula is C13H9Se2-. The molecule has 0 nitrogen and oxygen atoms in total. The first-order chi connectivity index (χ1) is 7.27. The van der Waals surface area contributed by atoms with Crippen LogP contribution in [0.5, 0.6) is 0 Å². The molecule has 0 fully saturated rings. The van der Waals surface area contributed by atoms with Gasteiger partial charge in [0.25, 0.3) is 0 Å². The molecule has 0 heterocycles. The molecule has 0 bridgehead atoms. The summed E-state index contributed by atoms with van der Waals surface area (Å²) in [5.41, 5.74) is 3.71. The Morgan fingerprint density at radius 2 is 1.33 bits per heavy atom. The number of hydrogen-bond acceptors (Lipinski definition) is 0. The van der Waals surface area contributed by atoms with Gasteiger partial charge in [-0.1, -0.05) is 0 Å². The third-order valence-electron chi connectivity index (χ3n) is 2.23. The van der Waals surface area contributed by atoms with Crippen molar-refractivity contribution in [2.75, 3.05) is 0 Å². The Hall–Kier alpha value is -0.651. The van der Waals surface area contributed by atoms with Crippen LogP contribution in [0, 0.1) is 0 Å². The summed E-state index contributed by atoms with van der Waals surface area (Å²) in [7, 11) is 0. The van der Waals surface area contributed by atoms with Crippen molar-refractivity contribution in [3.63, 3.8) is 0 Å². The summed E-state index contributed by atoms with van der Waals surface area (Å²) < 4.78 is 1.11. The Labute approximate surface area is 106 Å². The summed E-state index contributed by atoms with van der Waals surface area (Å²) in [5, 5.41) is 0. The molecule has 0 saturated carbocycles. The first kappa shape index (κ1) is 10.9. The third-order valence-corrected chi connectivity index (χ3v) is 3.22. The van der Waals surface area contributed by atoms with E-state index in [2.05, 4.69) is 80.1 Å². The van der Waals surface area contributed by atoms with Gasteiger partial charge in [0.1, 0.15) is 0 Å². The molecule has 15 heavy (non-hydrogen) atoms. The Bertz CT molecular complexity index is 458. The minimum absolute atomic E-state index is 1.11. The minimum atomic E-state index is 1.11. The van der Waals surface area contributed by atoms with Crippen molar-refractivity contribution < 1.29 is 0 Å². The van der Waals surface area contributed by atoms with Crippen LogP contribution in [0.3, 0.4) is 0 Å². The maximum atomic E-state index is 2.98. The molecule has 0 aliphatic rings. The second kappa shape index (κ2) is 4.92. The van der Waals surface area contributed by atoms with Crippen LogP contribution < -0.4 is 0 Å². The van der Waals surface area contributed by atoms with Crippen LogP contribution in [0.2, 0.25) is 0 Å². The van der Waals surface area contributed by atoms with Gasteiger partial charge < -0.3 is 0 Å². The van der Waals surface area contributed by atoms with Crippen LogP contribution in [0.4, 0.5) is 0 Å². The van der Waals surface area contributed by atoms with Gasteiger partial charge in [-0.2, -0.15) is 0 Å². The zero-order valence-electron chi connectivity index (χ0n) is 8.01. The Morgan fingerprint density at radius 3 is 1.87 bits per heavy atom. The van der Waals surface area contributed by atoms with E-state index in [9.17, 15) is 0 Å². The predicted octanol–water partition coefficient (Wildman–Crippen LogP) is 2.17. The molecule has 0 aliphatic heterocycles. The van der Waals surface area contributed by atoms with Gasteiger partial charge in [0, 0.05) is 0 Å². The number of rotatable bonds is 2. The molecular weight excluding hydrogens is 314 g/mol. The second-order valence-corrected chi connectivity index (χ2v) is 6.25. The first-order valence-electron chi connectivity index (χ1n) is 4.64. The molecule has 0 atom stereocenters. The second-order valence-electron chi connectivity index (χ2n) is 3.23. The molecule has 2 rings (SSSR count). The molecule has 0 N–H and O–H groups in total. The van der Waals surface area contributed by atoms with E-state index in [1.165, 1.54) is 16.7 Å². The fraction of sp³-hybridized carbons (Fsp3) is 0. The average Bonchev–Trinajstić information content (AvgIpc) is 2.30. The van der Waals surface area contributed by atoms with Gasteiger partial charge in [0.05, 0.1) is 0 Å². The SMILES string of the molecule is [Se]=C([Se-])c1ccc(-c2ccccc2)cc1. The van der Waals surface area contributed by atoms with Crippen LogP contribution in [-0.2, 0) is 0 Å². The molecule has 0 aliphatic carbocycles. The molecule has 74 valence electrons. The topological polar surface area (TPSA) is 0 Å². The molecule has 0 unspecified atom stereocenters. The van der Waals surface area contributed by atoms with Crippen molar-refractivity contribution in [3.8, 4) is 11.1 Å². The summed E-state index contributed by atoms with van der Waals surface area (Å²) in [6.07, 6.45) is 0. The Morgan fingerprint density at radius 1 is 0.800 bits per heavy atom. The Balaban J connectivity index is 2.36. The van der Waals surface area contributed by atoms with E-state index in [1.54, 1.807) is 0 Å². The quantitative estimate of drug-likeness (QED) is 0.743. The van der Waals surface area contributed by atoms with Crippen molar-refractivity contribution >= 4 is 34.9 Å². The zero-order valence-corrected chi connectivity index (χ0v) is 11.4. The van der Waals surface area contributed by atoms with Crippen LogP contribution in [0.25, 0.3) is 11.1 Å². The van der Waals surface area contributed by atoms with Crippen LogP contribution in [-0.4, -0.2) is 34.9 Å². The molecule has 0 saturated heterocycles. The third kappa shape index (κ3) is 2.68. The van der Waals surface area contributed by atoms with Gasteiger partial charge in [-0.3, -0.25) is 0 Å². The van der Waals surface area contributed by atoms with Crippen molar-refractivity contribution in [2.24, 2.45) is 0 Å². The van der Waals surface area contributed by atoms with Gasteiger partial charge in [-0.25, -0.2) is 0 Å². The molecule has 0 amide bonds. The van der Waals surface area contributed by atoms with Gasteiger partial charge >= 0.3 is 106 Å². The predicted molar refractivity (Wildman–Crippen MR) is 67.5 cm³/mol. The van der Waals surface area contributed by atoms with E-state index in [0.717, 1.165) is 3.32 Å². The fourth-order valence-electron chi connectivity index (χ4n) is 1.43. The summed E-state index contributed by atoms with van der Waals surface area (Å²) >= 11 is 5.95. The average molecular weight is 323 g/mol. The molecule has 0 radical (unpaired) electrons. The van der Waals surface area contributed by atoms with E-state index in [1.807, 2.05) is 6.07 Å². The van der Waals surface area contributed by atoms with Crippen LogP contribution in [0.15, 0.2) is 54.6 Å². The van der Waals surface area contributed by atoms with Crippen molar-refractivity contribution in [3.05, 3.63) is 60.2 Å². The normalized spacial score (nSPS) is 9.87. The van der Waals surface area contributed by atoms with E-state index in [4.69, 9.17) is 0 Å². The standard InChI is InChI=1S/C13H10Se2/c14-13(15)12-8-6-11(7-9-12)10-4-2-1-3-5-10/h1-9H,(H,14,15)/p-1. The molecule has 0 spiro atoms. The van der Waals surface area contributed by atoms with Gasteiger partial charge in [-0.05, 0) is 0 Å². The monoisotopic (exact) mass is 325 g/mol. The number of hydrogen-bond donors (Lipinski definition) is 0. The van der Waals surface area contributed by atoms with Crippen molar-refractivity contribution in [1.82, 2.24) is 0 Å². The molecule has 2 aromatic rings. The molecule has 2 aromatic carbocycles. The van der Waals surface area contributed by atoms with E-state index < -0.39 is 0 Å². The van der Waals surface area contributed by atoms with Crippen LogP contribution in [0.1, 0.15) is 5.56 Å². The van der Waals surface area contributed by atoms with Gasteiger partial charge in [0.2, 0.25) is 0 Å². The maximum absolute atomic E-state index is 2.98. The zero-order chi connectivity index (χ0) is 10.7. The molecule has 0 aromatic heterocycles.